The van der Waals surface area contributed by atoms with Crippen LogP contribution >= 0.6 is 11.8 Å². The fraction of sp³-hybridized carbons (Fsp3) is 0.909. The van der Waals surface area contributed by atoms with E-state index in [0.29, 0.717) is 11.5 Å². The first kappa shape index (κ1) is 16.7. The van der Waals surface area contributed by atoms with Crippen molar-refractivity contribution in [1.29, 1.82) is 0 Å². The van der Waals surface area contributed by atoms with E-state index in [4.69, 9.17) is 9.47 Å². The summed E-state index contributed by atoms with van der Waals surface area (Å²) in [6.07, 6.45) is -5.15. The number of carbonyl (C=O) groups excluding carboxylic acids is 1. The molecule has 0 saturated carbocycles. The van der Waals surface area contributed by atoms with Gasteiger partial charge in [-0.05, 0) is 0 Å². The number of aliphatic hydroxyl groups excluding tert-OH is 3. The molecular weight excluding hydrogens is 276 g/mol. The number of rotatable bonds is 6. The molecule has 1 fully saturated rings. The van der Waals surface area contributed by atoms with Gasteiger partial charge in [-0.3, -0.25) is 4.79 Å². The zero-order valence-corrected chi connectivity index (χ0v) is 11.7. The van der Waals surface area contributed by atoms with Gasteiger partial charge in [-0.1, -0.05) is 0 Å². The van der Waals surface area contributed by atoms with Crippen molar-refractivity contribution in [2.45, 2.75) is 37.1 Å². The molecule has 0 amide bonds. The van der Waals surface area contributed by atoms with E-state index in [2.05, 4.69) is 4.74 Å². The Morgan fingerprint density at radius 1 is 1.21 bits per heavy atom. The van der Waals surface area contributed by atoms with Crippen molar-refractivity contribution < 1.29 is 34.3 Å². The number of carbonyl (C=O) groups is 1. The molecule has 0 aromatic carbocycles. The number of esters is 1. The van der Waals surface area contributed by atoms with E-state index in [1.807, 2.05) is 0 Å². The van der Waals surface area contributed by atoms with Gasteiger partial charge in [-0.25, -0.2) is 0 Å². The van der Waals surface area contributed by atoms with Gasteiger partial charge in [0.1, 0.15) is 18.3 Å². The van der Waals surface area contributed by atoms with Crippen molar-refractivity contribution >= 4 is 17.7 Å². The minimum absolute atomic E-state index is 0.267. The molecule has 0 bridgehead atoms. The van der Waals surface area contributed by atoms with Crippen molar-refractivity contribution in [3.8, 4) is 0 Å². The second-order valence-corrected chi connectivity index (χ2v) is 5.30. The van der Waals surface area contributed by atoms with Crippen LogP contribution in [0, 0.1) is 0 Å². The maximum absolute atomic E-state index is 10.9. The molecule has 112 valence electrons. The number of hydrogen-bond donors (Lipinski definition) is 3. The van der Waals surface area contributed by atoms with Gasteiger partial charge in [0, 0.05) is 18.6 Å². The number of aliphatic hydroxyl groups is 3. The Labute approximate surface area is 115 Å². The van der Waals surface area contributed by atoms with Crippen LogP contribution in [0.4, 0.5) is 0 Å². The molecule has 0 aromatic heterocycles. The molecule has 1 heterocycles. The Morgan fingerprint density at radius 2 is 1.89 bits per heavy atom. The Balaban J connectivity index is 2.37. The highest BCUT2D eigenvalue weighted by Crippen LogP contribution is 2.24. The van der Waals surface area contributed by atoms with Crippen LogP contribution in [-0.4, -0.2) is 77.7 Å². The summed E-state index contributed by atoms with van der Waals surface area (Å²) < 4.78 is 14.7. The first-order valence-electron chi connectivity index (χ1n) is 5.88. The van der Waals surface area contributed by atoms with E-state index in [1.54, 1.807) is 0 Å². The molecule has 0 aliphatic carbocycles. The van der Waals surface area contributed by atoms with Crippen LogP contribution in [0.25, 0.3) is 0 Å². The van der Waals surface area contributed by atoms with E-state index >= 15 is 0 Å². The van der Waals surface area contributed by atoms with Gasteiger partial charge in [0.25, 0.3) is 0 Å². The third kappa shape index (κ3) is 4.59. The Hall–Kier alpha value is -0.380. The van der Waals surface area contributed by atoms with Crippen molar-refractivity contribution in [3.63, 3.8) is 0 Å². The number of hydrogen-bond acceptors (Lipinski definition) is 8. The fourth-order valence-electron chi connectivity index (χ4n) is 1.71. The molecular formula is C11H20O7S. The highest BCUT2D eigenvalue weighted by molar-refractivity contribution is 7.99. The zero-order valence-electron chi connectivity index (χ0n) is 10.9. The second-order valence-electron chi connectivity index (χ2n) is 4.15. The lowest BCUT2D eigenvalue weighted by atomic mass is 10.00. The standard InChI is InChI=1S/C11H20O7S/c1-16-7(12)3-4-19-5-6-8(13)9(14)10(15)11(17-2)18-6/h6,8-11,13-15H,3-5H2,1-2H3/t6-,8-,9+,10-,11+/m1/s1. The van der Waals surface area contributed by atoms with Crippen LogP contribution in [0.2, 0.25) is 0 Å². The first-order valence-corrected chi connectivity index (χ1v) is 7.03. The van der Waals surface area contributed by atoms with Crippen LogP contribution in [0.5, 0.6) is 0 Å². The van der Waals surface area contributed by atoms with Crippen LogP contribution in [0.15, 0.2) is 0 Å². The quantitative estimate of drug-likeness (QED) is 0.412. The average molecular weight is 296 g/mol. The maximum atomic E-state index is 10.9. The van der Waals surface area contributed by atoms with E-state index in [0.717, 1.165) is 0 Å². The highest BCUT2D eigenvalue weighted by Gasteiger charge is 2.43. The molecule has 7 nitrogen and oxygen atoms in total. The van der Waals surface area contributed by atoms with Crippen molar-refractivity contribution in [2.75, 3.05) is 25.7 Å². The van der Waals surface area contributed by atoms with Gasteiger partial charge in [-0.15, -0.1) is 0 Å². The molecule has 0 aromatic rings. The Bertz CT molecular complexity index is 286. The van der Waals surface area contributed by atoms with Gasteiger partial charge in [0.05, 0.1) is 19.6 Å². The first-order chi connectivity index (χ1) is 9.01. The predicted octanol–water partition coefficient (Wildman–Crippen LogP) is -1.26. The lowest BCUT2D eigenvalue weighted by Gasteiger charge is -2.39. The molecule has 0 radical (unpaired) electrons. The van der Waals surface area contributed by atoms with Crippen LogP contribution in [-0.2, 0) is 19.0 Å². The number of thioether (sulfide) groups is 1. The summed E-state index contributed by atoms with van der Waals surface area (Å²) in [5, 5.41) is 29.0. The molecule has 5 atom stereocenters. The van der Waals surface area contributed by atoms with Gasteiger partial charge >= 0.3 is 5.97 Å². The van der Waals surface area contributed by atoms with Gasteiger partial charge < -0.3 is 29.5 Å². The predicted molar refractivity (Wildman–Crippen MR) is 67.6 cm³/mol. The normalized spacial score (nSPS) is 35.1. The second kappa shape index (κ2) is 8.03. The molecule has 3 N–H and O–H groups in total. The average Bonchev–Trinajstić information content (AvgIpc) is 2.42. The van der Waals surface area contributed by atoms with E-state index in [1.165, 1.54) is 26.0 Å². The highest BCUT2D eigenvalue weighted by atomic mass is 32.2. The molecule has 1 aliphatic rings. The third-order valence-corrected chi connectivity index (χ3v) is 3.92. The molecule has 0 unspecified atom stereocenters. The number of methoxy groups -OCH3 is 2. The third-order valence-electron chi connectivity index (χ3n) is 2.86. The summed E-state index contributed by atoms with van der Waals surface area (Å²) in [6, 6.07) is 0. The SMILES string of the molecule is COC(=O)CCSC[C@H]1O[C@H](OC)[C@H](O)[C@@H](O)[C@@H]1O. The molecule has 8 heteroatoms. The molecule has 19 heavy (non-hydrogen) atoms. The summed E-state index contributed by atoms with van der Waals surface area (Å²) in [5.41, 5.74) is 0. The minimum Gasteiger partial charge on any atom is -0.469 e. The fourth-order valence-corrected chi connectivity index (χ4v) is 2.69. The summed E-state index contributed by atoms with van der Waals surface area (Å²) >= 11 is 1.39. The molecule has 1 aliphatic heterocycles. The Kier molecular flexibility index (Phi) is 7.05. The molecule has 0 spiro atoms. The van der Waals surface area contributed by atoms with Crippen molar-refractivity contribution in [3.05, 3.63) is 0 Å². The zero-order chi connectivity index (χ0) is 14.4. The summed E-state index contributed by atoms with van der Waals surface area (Å²) in [7, 11) is 2.67. The van der Waals surface area contributed by atoms with Gasteiger partial charge in [0.2, 0.25) is 0 Å². The molecule has 1 rings (SSSR count). The van der Waals surface area contributed by atoms with Gasteiger partial charge in [0.15, 0.2) is 6.29 Å². The Morgan fingerprint density at radius 3 is 2.47 bits per heavy atom. The van der Waals surface area contributed by atoms with Crippen LogP contribution < -0.4 is 0 Å². The van der Waals surface area contributed by atoms with E-state index in [9.17, 15) is 20.1 Å². The smallest absolute Gasteiger partial charge is 0.306 e. The summed E-state index contributed by atoms with van der Waals surface area (Å²) in [4.78, 5) is 10.9. The van der Waals surface area contributed by atoms with E-state index in [-0.39, 0.29) is 12.4 Å². The lowest BCUT2D eigenvalue weighted by Crippen LogP contribution is -2.58. The van der Waals surface area contributed by atoms with Crippen molar-refractivity contribution in [1.82, 2.24) is 0 Å². The lowest BCUT2D eigenvalue weighted by molar-refractivity contribution is -0.284. The van der Waals surface area contributed by atoms with Crippen LogP contribution in [0.3, 0.4) is 0 Å². The maximum Gasteiger partial charge on any atom is 0.306 e. The van der Waals surface area contributed by atoms with Crippen molar-refractivity contribution in [2.24, 2.45) is 0 Å². The largest absolute Gasteiger partial charge is 0.469 e. The number of ether oxygens (including phenoxy) is 3. The molecule has 1 saturated heterocycles. The van der Waals surface area contributed by atoms with E-state index < -0.39 is 30.7 Å². The summed E-state index contributed by atoms with van der Waals surface area (Å²) in [6.45, 7) is 0. The van der Waals surface area contributed by atoms with Gasteiger partial charge in [-0.2, -0.15) is 11.8 Å². The summed E-state index contributed by atoms with van der Waals surface area (Å²) in [5.74, 6) is 0.597. The minimum atomic E-state index is -1.31. The van der Waals surface area contributed by atoms with Crippen LogP contribution in [0.1, 0.15) is 6.42 Å². The topological polar surface area (TPSA) is 105 Å². The monoisotopic (exact) mass is 296 g/mol.